The van der Waals surface area contributed by atoms with Crippen LogP contribution in [0.3, 0.4) is 0 Å². The number of nitrogens with one attached hydrogen (secondary N) is 2. The molecule has 3 nitrogen and oxygen atoms in total. The highest BCUT2D eigenvalue weighted by molar-refractivity contribution is 6.31. The van der Waals surface area contributed by atoms with E-state index in [1.54, 1.807) is 13.0 Å². The van der Waals surface area contributed by atoms with Crippen LogP contribution in [-0.2, 0) is 0 Å². The van der Waals surface area contributed by atoms with Crippen LogP contribution in [0.4, 0.5) is 4.39 Å². The van der Waals surface area contributed by atoms with Gasteiger partial charge in [-0.1, -0.05) is 48.5 Å². The molecule has 0 saturated heterocycles. The topological polar surface area (TPSA) is 36.4 Å². The molecular weight excluding hydrogens is 361 g/mol. The van der Waals surface area contributed by atoms with Gasteiger partial charge >= 0.3 is 0 Å². The molecule has 0 bridgehead atoms. The van der Waals surface area contributed by atoms with Gasteiger partial charge in [-0.15, -0.1) is 0 Å². The van der Waals surface area contributed by atoms with Crippen LogP contribution in [0.5, 0.6) is 0 Å². The number of benzene rings is 2. The minimum absolute atomic E-state index is 0.239. The standard InChI is InChI=1S/C22H21ClFN3/c1-13-15(8-5-11-19(13)24)14(2)25-22-17-9-6-12-20(17)26-21(27-22)16-7-3-4-10-18(16)23/h3-5,7-8,10-11,21,26H,2,6,9,12H2,1H3,(H,25,27). The third-order valence-corrected chi connectivity index (χ3v) is 5.48. The number of aliphatic imine (C=N–C) groups is 1. The predicted octanol–water partition coefficient (Wildman–Crippen LogP) is 5.49. The zero-order chi connectivity index (χ0) is 19.0. The maximum absolute atomic E-state index is 13.9. The summed E-state index contributed by atoms with van der Waals surface area (Å²) in [5.41, 5.74) is 5.28. The molecule has 4 rings (SSSR count). The molecule has 0 saturated carbocycles. The molecule has 0 radical (unpaired) electrons. The highest BCUT2D eigenvalue weighted by Crippen LogP contribution is 2.34. The second kappa shape index (κ2) is 7.20. The summed E-state index contributed by atoms with van der Waals surface area (Å²) in [6.45, 7) is 5.88. The quantitative estimate of drug-likeness (QED) is 0.737. The van der Waals surface area contributed by atoms with Crippen molar-refractivity contribution in [3.05, 3.63) is 87.8 Å². The van der Waals surface area contributed by atoms with E-state index in [-0.39, 0.29) is 12.0 Å². The fourth-order valence-corrected chi connectivity index (χ4v) is 3.90. The van der Waals surface area contributed by atoms with Crippen molar-refractivity contribution in [3.63, 3.8) is 0 Å². The van der Waals surface area contributed by atoms with Crippen LogP contribution >= 0.6 is 11.6 Å². The number of nitrogens with zero attached hydrogens (tertiary/aromatic N) is 1. The number of rotatable bonds is 3. The van der Waals surface area contributed by atoms with E-state index in [4.69, 9.17) is 16.6 Å². The van der Waals surface area contributed by atoms with E-state index in [2.05, 4.69) is 17.2 Å². The highest BCUT2D eigenvalue weighted by atomic mass is 35.5. The van der Waals surface area contributed by atoms with Crippen LogP contribution in [-0.4, -0.2) is 5.84 Å². The Labute approximate surface area is 163 Å². The maximum atomic E-state index is 13.9. The van der Waals surface area contributed by atoms with Crippen molar-refractivity contribution in [3.8, 4) is 0 Å². The molecule has 2 aliphatic rings. The van der Waals surface area contributed by atoms with Crippen molar-refractivity contribution in [2.45, 2.75) is 32.4 Å². The molecule has 0 spiro atoms. The van der Waals surface area contributed by atoms with Gasteiger partial charge in [0.15, 0.2) is 0 Å². The Morgan fingerprint density at radius 1 is 1.22 bits per heavy atom. The summed E-state index contributed by atoms with van der Waals surface area (Å²) < 4.78 is 13.9. The van der Waals surface area contributed by atoms with Crippen molar-refractivity contribution < 1.29 is 4.39 Å². The van der Waals surface area contributed by atoms with Crippen LogP contribution < -0.4 is 10.6 Å². The minimum atomic E-state index is -0.251. The van der Waals surface area contributed by atoms with E-state index in [1.807, 2.05) is 30.3 Å². The lowest BCUT2D eigenvalue weighted by Gasteiger charge is -2.27. The molecule has 1 aliphatic carbocycles. The molecule has 1 aliphatic heterocycles. The Hall–Kier alpha value is -2.59. The summed E-state index contributed by atoms with van der Waals surface area (Å²) in [5.74, 6) is 0.553. The monoisotopic (exact) mass is 381 g/mol. The van der Waals surface area contributed by atoms with E-state index >= 15 is 0 Å². The number of halogens is 2. The number of amidine groups is 1. The van der Waals surface area contributed by atoms with E-state index < -0.39 is 0 Å². The fraction of sp³-hybridized carbons (Fsp3) is 0.227. The summed E-state index contributed by atoms with van der Waals surface area (Å²) in [4.78, 5) is 4.87. The lowest BCUT2D eigenvalue weighted by molar-refractivity contribution is 0.601. The molecule has 27 heavy (non-hydrogen) atoms. The SMILES string of the molecule is C=C(NC1=NC(c2ccccc2Cl)NC2=C1CCC2)c1cccc(F)c1C. The summed E-state index contributed by atoms with van der Waals surface area (Å²) >= 11 is 6.38. The zero-order valence-corrected chi connectivity index (χ0v) is 15.9. The van der Waals surface area contributed by atoms with Crippen LogP contribution in [0, 0.1) is 12.7 Å². The Morgan fingerprint density at radius 3 is 2.85 bits per heavy atom. The van der Waals surface area contributed by atoms with Gasteiger partial charge in [0.25, 0.3) is 0 Å². The molecule has 2 aromatic rings. The average Bonchev–Trinajstić information content (AvgIpc) is 3.13. The van der Waals surface area contributed by atoms with Crippen LogP contribution in [0.15, 0.2) is 65.3 Å². The smallest absolute Gasteiger partial charge is 0.148 e. The van der Waals surface area contributed by atoms with Crippen LogP contribution in [0.25, 0.3) is 5.70 Å². The molecule has 2 aromatic carbocycles. The third kappa shape index (κ3) is 3.37. The van der Waals surface area contributed by atoms with Crippen molar-refractivity contribution in [2.24, 2.45) is 4.99 Å². The van der Waals surface area contributed by atoms with Crippen LogP contribution in [0.1, 0.15) is 42.1 Å². The van der Waals surface area contributed by atoms with Crippen LogP contribution in [0.2, 0.25) is 5.02 Å². The lowest BCUT2D eigenvalue weighted by atomic mass is 10.0. The van der Waals surface area contributed by atoms with E-state index in [9.17, 15) is 4.39 Å². The number of hydrogen-bond donors (Lipinski definition) is 2. The zero-order valence-electron chi connectivity index (χ0n) is 15.2. The molecule has 1 heterocycles. The lowest BCUT2D eigenvalue weighted by Crippen LogP contribution is -2.33. The summed E-state index contributed by atoms with van der Waals surface area (Å²) in [6.07, 6.45) is 2.78. The number of allylic oxidation sites excluding steroid dienone is 1. The molecule has 2 N–H and O–H groups in total. The van der Waals surface area contributed by atoms with E-state index in [1.165, 1.54) is 17.3 Å². The largest absolute Gasteiger partial charge is 0.363 e. The first-order valence-electron chi connectivity index (χ1n) is 9.07. The summed E-state index contributed by atoms with van der Waals surface area (Å²) in [7, 11) is 0. The van der Waals surface area contributed by atoms with Gasteiger partial charge in [0, 0.05) is 33.1 Å². The molecular formula is C22H21ClFN3. The third-order valence-electron chi connectivity index (χ3n) is 5.13. The predicted molar refractivity (Wildman–Crippen MR) is 109 cm³/mol. The van der Waals surface area contributed by atoms with Gasteiger partial charge in [-0.25, -0.2) is 9.38 Å². The maximum Gasteiger partial charge on any atom is 0.148 e. The van der Waals surface area contributed by atoms with Crippen molar-refractivity contribution in [2.75, 3.05) is 0 Å². The van der Waals surface area contributed by atoms with Gasteiger partial charge in [0.1, 0.15) is 17.8 Å². The highest BCUT2D eigenvalue weighted by Gasteiger charge is 2.28. The Kier molecular flexibility index (Phi) is 4.75. The van der Waals surface area contributed by atoms with Gasteiger partial charge in [0.05, 0.1) is 0 Å². The van der Waals surface area contributed by atoms with Gasteiger partial charge in [-0.3, -0.25) is 0 Å². The molecule has 138 valence electrons. The fourth-order valence-electron chi connectivity index (χ4n) is 3.67. The Balaban J connectivity index is 1.67. The van der Waals surface area contributed by atoms with Gasteiger partial charge in [0.2, 0.25) is 0 Å². The molecule has 0 amide bonds. The molecule has 1 unspecified atom stereocenters. The first-order valence-corrected chi connectivity index (χ1v) is 9.45. The Bertz CT molecular complexity index is 977. The number of hydrogen-bond acceptors (Lipinski definition) is 3. The average molecular weight is 382 g/mol. The van der Waals surface area contributed by atoms with E-state index in [0.717, 1.165) is 36.2 Å². The molecule has 5 heteroatoms. The normalized spacial score (nSPS) is 18.6. The molecule has 0 fully saturated rings. The second-order valence-corrected chi connectivity index (χ2v) is 7.28. The second-order valence-electron chi connectivity index (χ2n) is 6.87. The van der Waals surface area contributed by atoms with Gasteiger partial charge in [-0.2, -0.15) is 0 Å². The van der Waals surface area contributed by atoms with Crippen molar-refractivity contribution in [1.82, 2.24) is 10.6 Å². The molecule has 1 atom stereocenters. The minimum Gasteiger partial charge on any atom is -0.363 e. The van der Waals surface area contributed by atoms with Gasteiger partial charge in [-0.05, 0) is 43.9 Å². The molecule has 0 aromatic heterocycles. The Morgan fingerprint density at radius 2 is 2.04 bits per heavy atom. The van der Waals surface area contributed by atoms with E-state index in [0.29, 0.717) is 16.3 Å². The first-order chi connectivity index (χ1) is 13.0. The summed E-state index contributed by atoms with van der Waals surface area (Å²) in [5, 5.41) is 7.54. The summed E-state index contributed by atoms with van der Waals surface area (Å²) in [6, 6.07) is 12.7. The first kappa shape index (κ1) is 17.8. The van der Waals surface area contributed by atoms with Gasteiger partial charge < -0.3 is 10.6 Å². The van der Waals surface area contributed by atoms with Crippen molar-refractivity contribution >= 4 is 23.1 Å². The van der Waals surface area contributed by atoms with Crippen molar-refractivity contribution in [1.29, 1.82) is 0 Å².